The minimum Gasteiger partial charge on any atom is -0.324 e. The van der Waals surface area contributed by atoms with Gasteiger partial charge in [-0.15, -0.1) is 0 Å². The van der Waals surface area contributed by atoms with Gasteiger partial charge in [0.15, 0.2) is 0 Å². The summed E-state index contributed by atoms with van der Waals surface area (Å²) in [7, 11) is 0. The molecule has 2 N–H and O–H groups in total. The zero-order valence-corrected chi connectivity index (χ0v) is 11.0. The first-order valence-corrected chi connectivity index (χ1v) is 6.05. The van der Waals surface area contributed by atoms with Crippen molar-refractivity contribution in [3.05, 3.63) is 22.9 Å². The molecule has 0 bridgehead atoms. The highest BCUT2D eigenvalue weighted by molar-refractivity contribution is 9.10. The SMILES string of the molecule is CCC(C)NCC(=O)Nc1ccncc1Br. The Hall–Kier alpha value is -0.940. The van der Waals surface area contributed by atoms with Gasteiger partial charge in [0.25, 0.3) is 0 Å². The van der Waals surface area contributed by atoms with E-state index in [0.29, 0.717) is 12.6 Å². The van der Waals surface area contributed by atoms with Gasteiger partial charge in [0.2, 0.25) is 5.91 Å². The fourth-order valence-electron chi connectivity index (χ4n) is 1.08. The molecule has 1 aromatic heterocycles. The van der Waals surface area contributed by atoms with Gasteiger partial charge in [-0.25, -0.2) is 0 Å². The molecule has 1 aromatic rings. The molecule has 0 saturated heterocycles. The van der Waals surface area contributed by atoms with Crippen LogP contribution in [-0.2, 0) is 4.79 Å². The summed E-state index contributed by atoms with van der Waals surface area (Å²) in [5, 5.41) is 5.93. The number of amides is 1. The van der Waals surface area contributed by atoms with Crippen molar-refractivity contribution < 1.29 is 4.79 Å². The van der Waals surface area contributed by atoms with E-state index >= 15 is 0 Å². The average Bonchev–Trinajstić information content (AvgIpc) is 2.29. The van der Waals surface area contributed by atoms with Gasteiger partial charge in [-0.1, -0.05) is 6.92 Å². The van der Waals surface area contributed by atoms with Crippen LogP contribution in [0.2, 0.25) is 0 Å². The van der Waals surface area contributed by atoms with E-state index in [1.165, 1.54) is 0 Å². The molecule has 0 aromatic carbocycles. The van der Waals surface area contributed by atoms with E-state index < -0.39 is 0 Å². The van der Waals surface area contributed by atoms with Crippen molar-refractivity contribution in [3.63, 3.8) is 0 Å². The Labute approximate surface area is 104 Å². The monoisotopic (exact) mass is 285 g/mol. The minimum absolute atomic E-state index is 0.0489. The summed E-state index contributed by atoms with van der Waals surface area (Å²) in [5.74, 6) is -0.0489. The fraction of sp³-hybridized carbons (Fsp3) is 0.455. The van der Waals surface area contributed by atoms with E-state index in [0.717, 1.165) is 16.6 Å². The first-order chi connectivity index (χ1) is 7.63. The Kier molecular flexibility index (Phi) is 5.42. The molecule has 0 fully saturated rings. The average molecular weight is 286 g/mol. The van der Waals surface area contributed by atoms with E-state index in [4.69, 9.17) is 0 Å². The lowest BCUT2D eigenvalue weighted by Crippen LogP contribution is -2.34. The van der Waals surface area contributed by atoms with Crippen molar-refractivity contribution in [2.45, 2.75) is 26.3 Å². The quantitative estimate of drug-likeness (QED) is 0.872. The van der Waals surface area contributed by atoms with Gasteiger partial charge in [-0.3, -0.25) is 9.78 Å². The molecule has 1 unspecified atom stereocenters. The van der Waals surface area contributed by atoms with E-state index in [1.54, 1.807) is 18.5 Å². The Morgan fingerprint density at radius 1 is 1.62 bits per heavy atom. The van der Waals surface area contributed by atoms with Crippen molar-refractivity contribution in [2.24, 2.45) is 0 Å². The number of halogens is 1. The highest BCUT2D eigenvalue weighted by Crippen LogP contribution is 2.19. The standard InChI is InChI=1S/C11H16BrN3O/c1-3-8(2)14-7-11(16)15-10-4-5-13-6-9(10)12/h4-6,8,14H,3,7H2,1-2H3,(H,13,15,16). The Balaban J connectivity index is 2.43. The highest BCUT2D eigenvalue weighted by atomic mass is 79.9. The summed E-state index contributed by atoms with van der Waals surface area (Å²) in [6.45, 7) is 4.45. The van der Waals surface area contributed by atoms with Crippen LogP contribution in [0.1, 0.15) is 20.3 Å². The number of anilines is 1. The van der Waals surface area contributed by atoms with Crippen LogP contribution in [-0.4, -0.2) is 23.5 Å². The topological polar surface area (TPSA) is 54.0 Å². The number of pyridine rings is 1. The van der Waals surface area contributed by atoms with Gasteiger partial charge in [0.05, 0.1) is 16.7 Å². The summed E-state index contributed by atoms with van der Waals surface area (Å²) in [6, 6.07) is 2.11. The number of carbonyl (C=O) groups excluding carboxylic acids is 1. The molecular weight excluding hydrogens is 270 g/mol. The zero-order chi connectivity index (χ0) is 12.0. The van der Waals surface area contributed by atoms with Crippen molar-refractivity contribution in [1.82, 2.24) is 10.3 Å². The smallest absolute Gasteiger partial charge is 0.238 e. The van der Waals surface area contributed by atoms with Crippen LogP contribution >= 0.6 is 15.9 Å². The Morgan fingerprint density at radius 2 is 2.38 bits per heavy atom. The van der Waals surface area contributed by atoms with Crippen LogP contribution < -0.4 is 10.6 Å². The number of nitrogens with zero attached hydrogens (tertiary/aromatic N) is 1. The summed E-state index contributed by atoms with van der Waals surface area (Å²) in [5.41, 5.74) is 0.742. The largest absolute Gasteiger partial charge is 0.324 e. The van der Waals surface area contributed by atoms with Crippen LogP contribution in [0.5, 0.6) is 0 Å². The third-order valence-corrected chi connectivity index (χ3v) is 2.90. The van der Waals surface area contributed by atoms with Gasteiger partial charge >= 0.3 is 0 Å². The first-order valence-electron chi connectivity index (χ1n) is 5.26. The number of rotatable bonds is 5. The molecule has 0 aliphatic carbocycles. The van der Waals surface area contributed by atoms with Gasteiger partial charge < -0.3 is 10.6 Å². The lowest BCUT2D eigenvalue weighted by Gasteiger charge is -2.11. The maximum absolute atomic E-state index is 11.6. The number of hydrogen-bond acceptors (Lipinski definition) is 3. The van der Waals surface area contributed by atoms with Crippen molar-refractivity contribution >= 4 is 27.5 Å². The molecule has 4 nitrogen and oxygen atoms in total. The molecule has 1 atom stereocenters. The summed E-state index contributed by atoms with van der Waals surface area (Å²) >= 11 is 3.32. The van der Waals surface area contributed by atoms with Crippen molar-refractivity contribution in [2.75, 3.05) is 11.9 Å². The summed E-state index contributed by atoms with van der Waals surface area (Å²) in [4.78, 5) is 15.5. The maximum Gasteiger partial charge on any atom is 0.238 e. The Bertz CT molecular complexity index is 357. The van der Waals surface area contributed by atoms with Gasteiger partial charge in [-0.05, 0) is 35.3 Å². The lowest BCUT2D eigenvalue weighted by atomic mass is 10.2. The first kappa shape index (κ1) is 13.1. The van der Waals surface area contributed by atoms with Gasteiger partial charge in [0.1, 0.15) is 0 Å². The number of carbonyl (C=O) groups is 1. The molecular formula is C11H16BrN3O. The van der Waals surface area contributed by atoms with Crippen LogP contribution in [0.15, 0.2) is 22.9 Å². The van der Waals surface area contributed by atoms with Gasteiger partial charge in [-0.2, -0.15) is 0 Å². The van der Waals surface area contributed by atoms with Gasteiger partial charge in [0, 0.05) is 18.4 Å². The molecule has 0 saturated carbocycles. The maximum atomic E-state index is 11.6. The molecule has 0 aliphatic rings. The molecule has 88 valence electrons. The predicted octanol–water partition coefficient (Wildman–Crippen LogP) is 2.17. The third kappa shape index (κ3) is 4.28. The van der Waals surface area contributed by atoms with E-state index in [2.05, 4.69) is 45.4 Å². The van der Waals surface area contributed by atoms with E-state index in [1.807, 2.05) is 0 Å². The van der Waals surface area contributed by atoms with Crippen LogP contribution in [0.4, 0.5) is 5.69 Å². The molecule has 1 rings (SSSR count). The second-order valence-corrected chi connectivity index (χ2v) is 4.45. The predicted molar refractivity (Wildman–Crippen MR) is 68.3 cm³/mol. The molecule has 0 spiro atoms. The molecule has 5 heteroatoms. The number of nitrogens with one attached hydrogen (secondary N) is 2. The second kappa shape index (κ2) is 6.60. The third-order valence-electron chi connectivity index (χ3n) is 2.27. The summed E-state index contributed by atoms with van der Waals surface area (Å²) < 4.78 is 0.784. The minimum atomic E-state index is -0.0489. The van der Waals surface area contributed by atoms with E-state index in [-0.39, 0.29) is 5.91 Å². The molecule has 1 amide bonds. The van der Waals surface area contributed by atoms with Crippen molar-refractivity contribution in [3.8, 4) is 0 Å². The molecule has 16 heavy (non-hydrogen) atoms. The van der Waals surface area contributed by atoms with Crippen LogP contribution in [0, 0.1) is 0 Å². The second-order valence-electron chi connectivity index (χ2n) is 3.59. The number of hydrogen-bond donors (Lipinski definition) is 2. The Morgan fingerprint density at radius 3 is 3.00 bits per heavy atom. The zero-order valence-electron chi connectivity index (χ0n) is 9.46. The normalized spacial score (nSPS) is 12.2. The highest BCUT2D eigenvalue weighted by Gasteiger charge is 2.06. The van der Waals surface area contributed by atoms with Crippen molar-refractivity contribution in [1.29, 1.82) is 0 Å². The number of aromatic nitrogens is 1. The molecule has 0 radical (unpaired) electrons. The fourth-order valence-corrected chi connectivity index (χ4v) is 1.43. The molecule has 0 aliphatic heterocycles. The van der Waals surface area contributed by atoms with Crippen LogP contribution in [0.25, 0.3) is 0 Å². The lowest BCUT2D eigenvalue weighted by molar-refractivity contribution is -0.115. The molecule has 1 heterocycles. The van der Waals surface area contributed by atoms with Crippen LogP contribution in [0.3, 0.4) is 0 Å². The van der Waals surface area contributed by atoms with E-state index in [9.17, 15) is 4.79 Å². The summed E-state index contributed by atoms with van der Waals surface area (Å²) in [6.07, 6.45) is 4.30.